The maximum atomic E-state index is 13.3. The second kappa shape index (κ2) is 8.03. The molecule has 1 atom stereocenters. The van der Waals surface area contributed by atoms with Gasteiger partial charge in [-0.25, -0.2) is 4.79 Å². The highest BCUT2D eigenvalue weighted by Crippen LogP contribution is 2.33. The molecular formula is C25H14ClNO6. The monoisotopic (exact) mass is 459 g/mol. The van der Waals surface area contributed by atoms with Gasteiger partial charge in [0.15, 0.2) is 6.04 Å². The van der Waals surface area contributed by atoms with E-state index in [-0.39, 0.29) is 32.9 Å². The highest BCUT2D eigenvalue weighted by molar-refractivity contribution is 6.30. The maximum Gasteiger partial charge on any atom is 0.339 e. The standard InChI is InChI=1S/C25H14ClNO6/c26-19-13-32-20-12-15(10-11-18(20)22(19)28)33-25(31)21(14-6-2-1-3-7-14)27-23(29)16-8-4-5-9-17(16)24(27)30/h1-13,21H. The zero-order valence-electron chi connectivity index (χ0n) is 16.9. The van der Waals surface area contributed by atoms with E-state index in [0.717, 1.165) is 11.2 Å². The number of nitrogens with zero attached hydrogens (tertiary/aromatic N) is 1. The lowest BCUT2D eigenvalue weighted by molar-refractivity contribution is -0.139. The zero-order valence-corrected chi connectivity index (χ0v) is 17.6. The van der Waals surface area contributed by atoms with Crippen LogP contribution in [0.4, 0.5) is 0 Å². The highest BCUT2D eigenvalue weighted by Gasteiger charge is 2.44. The van der Waals surface area contributed by atoms with Gasteiger partial charge in [-0.15, -0.1) is 0 Å². The molecule has 0 saturated heterocycles. The Morgan fingerprint density at radius 2 is 1.52 bits per heavy atom. The Morgan fingerprint density at radius 1 is 0.879 bits per heavy atom. The Balaban J connectivity index is 1.53. The summed E-state index contributed by atoms with van der Waals surface area (Å²) in [5.41, 5.74) is 0.618. The van der Waals surface area contributed by atoms with Crippen LogP contribution in [0.15, 0.2) is 88.3 Å². The number of carbonyl (C=O) groups excluding carboxylic acids is 3. The molecule has 0 fully saturated rings. The second-order valence-electron chi connectivity index (χ2n) is 7.33. The van der Waals surface area contributed by atoms with Crippen molar-refractivity contribution in [3.63, 3.8) is 0 Å². The predicted octanol–water partition coefficient (Wildman–Crippen LogP) is 4.39. The quantitative estimate of drug-likeness (QED) is 0.255. The van der Waals surface area contributed by atoms with Crippen molar-refractivity contribution in [2.45, 2.75) is 6.04 Å². The van der Waals surface area contributed by atoms with Crippen molar-refractivity contribution < 1.29 is 23.5 Å². The lowest BCUT2D eigenvalue weighted by Crippen LogP contribution is -2.40. The summed E-state index contributed by atoms with van der Waals surface area (Å²) in [6, 6.07) is 17.7. The third-order valence-corrected chi connectivity index (χ3v) is 5.61. The molecule has 1 aromatic heterocycles. The SMILES string of the molecule is O=C(Oc1ccc2c(=O)c(Cl)coc2c1)C(c1ccccc1)N1C(=O)c2ccccc2C1=O. The van der Waals surface area contributed by atoms with E-state index >= 15 is 0 Å². The van der Waals surface area contributed by atoms with Crippen LogP contribution in [0.3, 0.4) is 0 Å². The molecule has 1 aliphatic rings. The average Bonchev–Trinajstić information content (AvgIpc) is 3.08. The second-order valence-corrected chi connectivity index (χ2v) is 7.74. The van der Waals surface area contributed by atoms with Crippen molar-refractivity contribution in [1.82, 2.24) is 4.90 Å². The van der Waals surface area contributed by atoms with Gasteiger partial charge >= 0.3 is 5.97 Å². The van der Waals surface area contributed by atoms with Gasteiger partial charge in [-0.1, -0.05) is 54.1 Å². The zero-order chi connectivity index (χ0) is 23.1. The van der Waals surface area contributed by atoms with Crippen LogP contribution in [-0.4, -0.2) is 22.7 Å². The predicted molar refractivity (Wildman–Crippen MR) is 119 cm³/mol. The molecule has 7 nitrogen and oxygen atoms in total. The molecule has 0 saturated carbocycles. The first-order chi connectivity index (χ1) is 16.0. The minimum atomic E-state index is -1.31. The van der Waals surface area contributed by atoms with E-state index in [1.165, 1.54) is 18.2 Å². The van der Waals surface area contributed by atoms with E-state index in [1.807, 2.05) is 0 Å². The van der Waals surface area contributed by atoms with E-state index in [0.29, 0.717) is 5.56 Å². The summed E-state index contributed by atoms with van der Waals surface area (Å²) in [6.45, 7) is 0. The molecule has 162 valence electrons. The molecule has 3 aromatic carbocycles. The molecule has 0 bridgehead atoms. The van der Waals surface area contributed by atoms with Gasteiger partial charge in [0.1, 0.15) is 22.6 Å². The first-order valence-electron chi connectivity index (χ1n) is 9.90. The number of benzene rings is 3. The third-order valence-electron chi connectivity index (χ3n) is 5.34. The van der Waals surface area contributed by atoms with Gasteiger partial charge in [-0.3, -0.25) is 19.3 Å². The van der Waals surface area contributed by atoms with Crippen LogP contribution >= 0.6 is 11.6 Å². The summed E-state index contributed by atoms with van der Waals surface area (Å²) < 4.78 is 10.9. The number of esters is 1. The fraction of sp³-hybridized carbons (Fsp3) is 0.0400. The Labute approximate surface area is 191 Å². The first kappa shape index (κ1) is 20.7. The number of hydrogen-bond donors (Lipinski definition) is 0. The molecule has 0 N–H and O–H groups in total. The van der Waals surface area contributed by atoms with Crippen LogP contribution < -0.4 is 10.2 Å². The van der Waals surface area contributed by atoms with Crippen molar-refractivity contribution in [3.05, 3.63) is 111 Å². The van der Waals surface area contributed by atoms with E-state index in [9.17, 15) is 19.2 Å². The topological polar surface area (TPSA) is 93.9 Å². The lowest BCUT2D eigenvalue weighted by Gasteiger charge is -2.25. The number of hydrogen-bond acceptors (Lipinski definition) is 6. The molecule has 4 aromatic rings. The fourth-order valence-electron chi connectivity index (χ4n) is 3.79. The highest BCUT2D eigenvalue weighted by atomic mass is 35.5. The number of imide groups is 1. The van der Waals surface area contributed by atoms with Gasteiger partial charge in [-0.2, -0.15) is 0 Å². The summed E-state index contributed by atoms with van der Waals surface area (Å²) in [5.74, 6) is -1.93. The van der Waals surface area contributed by atoms with E-state index in [2.05, 4.69) is 0 Å². The molecule has 1 unspecified atom stereocenters. The van der Waals surface area contributed by atoms with Gasteiger partial charge in [0.05, 0.1) is 16.5 Å². The van der Waals surface area contributed by atoms with Gasteiger partial charge in [0, 0.05) is 6.07 Å². The van der Waals surface area contributed by atoms with Crippen molar-refractivity contribution >= 4 is 40.4 Å². The number of fused-ring (bicyclic) bond motifs is 2. The summed E-state index contributed by atoms with van der Waals surface area (Å²) in [5, 5.41) is 0.157. The van der Waals surface area contributed by atoms with E-state index in [1.54, 1.807) is 54.6 Å². The van der Waals surface area contributed by atoms with Crippen molar-refractivity contribution in [2.75, 3.05) is 0 Å². The van der Waals surface area contributed by atoms with Crippen LogP contribution in [0.2, 0.25) is 5.02 Å². The largest absolute Gasteiger partial charge is 0.462 e. The van der Waals surface area contributed by atoms with Crippen molar-refractivity contribution in [1.29, 1.82) is 0 Å². The normalized spacial score (nSPS) is 13.8. The third kappa shape index (κ3) is 3.48. The summed E-state index contributed by atoms with van der Waals surface area (Å²) in [7, 11) is 0. The number of carbonyl (C=O) groups is 3. The molecular weight excluding hydrogens is 446 g/mol. The smallest absolute Gasteiger partial charge is 0.339 e. The number of amides is 2. The number of ether oxygens (including phenoxy) is 1. The van der Waals surface area contributed by atoms with Crippen LogP contribution in [-0.2, 0) is 4.79 Å². The van der Waals surface area contributed by atoms with Crippen LogP contribution in [0.1, 0.15) is 32.3 Å². The van der Waals surface area contributed by atoms with Gasteiger partial charge in [0.2, 0.25) is 5.43 Å². The summed E-state index contributed by atoms with van der Waals surface area (Å²) in [4.78, 5) is 52.5. The molecule has 8 heteroatoms. The Kier molecular flexibility index (Phi) is 5.03. The lowest BCUT2D eigenvalue weighted by atomic mass is 10.1. The number of rotatable bonds is 4. The minimum Gasteiger partial charge on any atom is -0.462 e. The Bertz CT molecular complexity index is 1460. The molecule has 0 aliphatic carbocycles. The first-order valence-corrected chi connectivity index (χ1v) is 10.3. The van der Waals surface area contributed by atoms with Gasteiger partial charge in [-0.05, 0) is 29.8 Å². The summed E-state index contributed by atoms with van der Waals surface area (Å²) in [6.07, 6.45) is 1.10. The Morgan fingerprint density at radius 3 is 2.18 bits per heavy atom. The molecule has 33 heavy (non-hydrogen) atoms. The summed E-state index contributed by atoms with van der Waals surface area (Å²) >= 11 is 5.80. The molecule has 0 radical (unpaired) electrons. The number of halogens is 1. The molecule has 2 amide bonds. The maximum absolute atomic E-state index is 13.3. The van der Waals surface area contributed by atoms with Gasteiger partial charge < -0.3 is 9.15 Å². The molecule has 0 spiro atoms. The van der Waals surface area contributed by atoms with E-state index < -0.39 is 29.3 Å². The molecule has 5 rings (SSSR count). The fourth-order valence-corrected chi connectivity index (χ4v) is 3.94. The van der Waals surface area contributed by atoms with Crippen molar-refractivity contribution in [2.24, 2.45) is 0 Å². The van der Waals surface area contributed by atoms with Crippen LogP contribution in [0.5, 0.6) is 5.75 Å². The molecule has 1 aliphatic heterocycles. The Hall–Kier alpha value is -4.23. The van der Waals surface area contributed by atoms with Crippen LogP contribution in [0, 0.1) is 0 Å². The minimum absolute atomic E-state index is 0.0676. The van der Waals surface area contributed by atoms with E-state index in [4.69, 9.17) is 20.8 Å². The molecule has 2 heterocycles. The average molecular weight is 460 g/mol. The van der Waals surface area contributed by atoms with Gasteiger partial charge in [0.25, 0.3) is 11.8 Å². The van der Waals surface area contributed by atoms with Crippen molar-refractivity contribution in [3.8, 4) is 5.75 Å². The van der Waals surface area contributed by atoms with Crippen LogP contribution in [0.25, 0.3) is 11.0 Å².